The van der Waals surface area contributed by atoms with Crippen LogP contribution in [0.25, 0.3) is 0 Å². The molecule has 0 saturated carbocycles. The SMILES string of the molecule is CCCCCCCCCCCCCC1OC(=O)C(COC(C)=O)NC(=O)C(C(C)OS(C)(=O)=O)NCC(C(C)C)NC(=O)C(C)C(O)C1C. The van der Waals surface area contributed by atoms with Gasteiger partial charge >= 0.3 is 11.9 Å². The molecule has 0 radical (unpaired) electrons. The van der Waals surface area contributed by atoms with Crippen molar-refractivity contribution in [3.63, 3.8) is 0 Å². The minimum Gasteiger partial charge on any atom is -0.463 e. The third-order valence-electron chi connectivity index (χ3n) is 9.23. The molecule has 1 heterocycles. The molecule has 0 aromatic carbocycles. The number of rotatable bonds is 18. The van der Waals surface area contributed by atoms with Crippen LogP contribution in [0.5, 0.6) is 0 Å². The molecule has 1 aliphatic heterocycles. The maximum absolute atomic E-state index is 13.6. The van der Waals surface area contributed by atoms with Gasteiger partial charge in [0, 0.05) is 25.4 Å². The van der Waals surface area contributed by atoms with Gasteiger partial charge in [0.15, 0.2) is 6.04 Å². The van der Waals surface area contributed by atoms with Gasteiger partial charge < -0.3 is 30.5 Å². The molecule has 8 unspecified atom stereocenters. The number of aliphatic hydroxyl groups is 1. The van der Waals surface area contributed by atoms with Crippen molar-refractivity contribution in [1.82, 2.24) is 16.0 Å². The van der Waals surface area contributed by atoms with Gasteiger partial charge in [0.25, 0.3) is 10.1 Å². The van der Waals surface area contributed by atoms with Gasteiger partial charge in [-0.2, -0.15) is 8.42 Å². The number of cyclic esters (lactones) is 1. The summed E-state index contributed by atoms with van der Waals surface area (Å²) >= 11 is 0. The van der Waals surface area contributed by atoms with E-state index in [2.05, 4.69) is 22.9 Å². The van der Waals surface area contributed by atoms with Crippen LogP contribution in [0, 0.1) is 17.8 Å². The van der Waals surface area contributed by atoms with Crippen LogP contribution in [0.4, 0.5) is 0 Å². The molecule has 0 aromatic rings. The highest BCUT2D eigenvalue weighted by molar-refractivity contribution is 7.86. The maximum Gasteiger partial charge on any atom is 0.332 e. The first-order valence-corrected chi connectivity index (χ1v) is 20.0. The monoisotopic (exact) mass is 719 g/mol. The molecule has 4 N–H and O–H groups in total. The first-order chi connectivity index (χ1) is 23.0. The van der Waals surface area contributed by atoms with E-state index < -0.39 is 88.8 Å². The summed E-state index contributed by atoms with van der Waals surface area (Å²) in [6, 6.07) is -3.23. The van der Waals surface area contributed by atoms with Crippen molar-refractivity contribution < 1.29 is 46.4 Å². The van der Waals surface area contributed by atoms with Crippen LogP contribution in [-0.4, -0.2) is 93.1 Å². The van der Waals surface area contributed by atoms with Gasteiger partial charge in [0.2, 0.25) is 11.8 Å². The van der Waals surface area contributed by atoms with Crippen LogP contribution in [0.1, 0.15) is 126 Å². The van der Waals surface area contributed by atoms with E-state index >= 15 is 0 Å². The molecule has 0 bridgehead atoms. The summed E-state index contributed by atoms with van der Waals surface area (Å²) in [7, 11) is -3.97. The predicted octanol–water partition coefficient (Wildman–Crippen LogP) is 3.76. The lowest BCUT2D eigenvalue weighted by atomic mass is 9.86. The Hall–Kier alpha value is -2.29. The number of hydrogen-bond acceptors (Lipinski definition) is 11. The standard InChI is InChI=1S/C35H65N3O10S/c1-9-10-11-12-13-14-15-16-17-18-19-20-30-24(4)32(40)25(5)33(41)37-28(23(2)3)21-36-31(26(6)48-49(8,44)45)34(42)38-29(35(43)47-30)22-46-27(7)39/h23-26,28-32,36,40H,9-22H2,1-8H3,(H,37,41)(H,38,42). The van der Waals surface area contributed by atoms with Gasteiger partial charge in [-0.1, -0.05) is 98.8 Å². The zero-order valence-electron chi connectivity index (χ0n) is 31.1. The van der Waals surface area contributed by atoms with Gasteiger partial charge in [0.05, 0.1) is 24.4 Å². The van der Waals surface area contributed by atoms with Gasteiger partial charge in [-0.05, 0) is 25.7 Å². The second-order valence-electron chi connectivity index (χ2n) is 14.1. The Labute approximate surface area is 294 Å². The number of aliphatic hydroxyl groups excluding tert-OH is 1. The molecule has 1 rings (SSSR count). The van der Waals surface area contributed by atoms with Crippen LogP contribution >= 0.6 is 0 Å². The van der Waals surface area contributed by atoms with E-state index in [-0.39, 0.29) is 12.5 Å². The van der Waals surface area contributed by atoms with Crippen LogP contribution in [0.3, 0.4) is 0 Å². The van der Waals surface area contributed by atoms with Gasteiger partial charge in [-0.25, -0.2) is 4.79 Å². The van der Waals surface area contributed by atoms with E-state index in [1.54, 1.807) is 13.8 Å². The number of carbonyl (C=O) groups is 4. The average molecular weight is 720 g/mol. The third kappa shape index (κ3) is 18.0. The van der Waals surface area contributed by atoms with E-state index in [1.165, 1.54) is 51.9 Å². The van der Waals surface area contributed by atoms with E-state index in [4.69, 9.17) is 13.7 Å². The average Bonchev–Trinajstić information content (AvgIpc) is 3.01. The summed E-state index contributed by atoms with van der Waals surface area (Å²) in [5, 5.41) is 19.8. The lowest BCUT2D eigenvalue weighted by Gasteiger charge is -2.32. The Bertz CT molecular complexity index is 1120. The van der Waals surface area contributed by atoms with Crippen molar-refractivity contribution in [3.05, 3.63) is 0 Å². The summed E-state index contributed by atoms with van der Waals surface area (Å²) in [6.45, 7) is 11.4. The molecule has 1 fully saturated rings. The smallest absolute Gasteiger partial charge is 0.332 e. The fourth-order valence-electron chi connectivity index (χ4n) is 5.96. The Balaban J connectivity index is 3.27. The maximum atomic E-state index is 13.6. The zero-order chi connectivity index (χ0) is 37.1. The topological polar surface area (TPSA) is 186 Å². The second-order valence-corrected chi connectivity index (χ2v) is 15.7. The summed E-state index contributed by atoms with van der Waals surface area (Å²) in [4.78, 5) is 52.3. The summed E-state index contributed by atoms with van der Waals surface area (Å²) in [6.07, 6.45) is 10.6. The van der Waals surface area contributed by atoms with Crippen LogP contribution in [0.2, 0.25) is 0 Å². The van der Waals surface area contributed by atoms with Crippen molar-refractivity contribution in [3.8, 4) is 0 Å². The fraction of sp³-hybridized carbons (Fsp3) is 0.886. The molecule has 0 aliphatic carbocycles. The summed E-state index contributed by atoms with van der Waals surface area (Å²) < 4.78 is 40.0. The molecule has 14 heteroatoms. The Morgan fingerprint density at radius 2 is 1.47 bits per heavy atom. The van der Waals surface area contributed by atoms with Crippen molar-refractivity contribution in [2.75, 3.05) is 19.4 Å². The van der Waals surface area contributed by atoms with Crippen molar-refractivity contribution in [1.29, 1.82) is 0 Å². The molecular weight excluding hydrogens is 654 g/mol. The molecule has 0 spiro atoms. The lowest BCUT2D eigenvalue weighted by Crippen LogP contribution is -2.59. The largest absolute Gasteiger partial charge is 0.463 e. The number of ether oxygens (including phenoxy) is 2. The number of hydrogen-bond donors (Lipinski definition) is 4. The molecule has 2 amide bonds. The lowest BCUT2D eigenvalue weighted by molar-refractivity contribution is -0.162. The van der Waals surface area contributed by atoms with Crippen molar-refractivity contribution >= 4 is 33.9 Å². The van der Waals surface area contributed by atoms with Crippen molar-refractivity contribution in [2.45, 2.75) is 162 Å². The van der Waals surface area contributed by atoms with Gasteiger partial charge in [-0.15, -0.1) is 0 Å². The van der Waals surface area contributed by atoms with Crippen molar-refractivity contribution in [2.24, 2.45) is 17.8 Å². The van der Waals surface area contributed by atoms with E-state index in [1.807, 2.05) is 13.8 Å². The van der Waals surface area contributed by atoms with Crippen LogP contribution in [-0.2, 0) is 43.0 Å². The fourth-order valence-corrected chi connectivity index (χ4v) is 6.62. The Kier molecular flexibility index (Phi) is 21.2. The predicted molar refractivity (Wildman–Crippen MR) is 188 cm³/mol. The molecule has 8 atom stereocenters. The minimum absolute atomic E-state index is 0.0395. The highest BCUT2D eigenvalue weighted by Gasteiger charge is 2.38. The van der Waals surface area contributed by atoms with Crippen LogP contribution < -0.4 is 16.0 Å². The number of esters is 2. The first kappa shape index (κ1) is 44.7. The van der Waals surface area contributed by atoms with Gasteiger partial charge in [-0.3, -0.25) is 18.6 Å². The number of unbranched alkanes of at least 4 members (excludes halogenated alkanes) is 10. The molecule has 1 saturated heterocycles. The highest BCUT2D eigenvalue weighted by atomic mass is 32.2. The third-order valence-corrected chi connectivity index (χ3v) is 9.89. The Morgan fingerprint density at radius 3 is 1.98 bits per heavy atom. The normalized spacial score (nSPS) is 27.0. The van der Waals surface area contributed by atoms with Crippen LogP contribution in [0.15, 0.2) is 0 Å². The Morgan fingerprint density at radius 1 is 0.918 bits per heavy atom. The number of carbonyl (C=O) groups excluding carboxylic acids is 4. The first-order valence-electron chi connectivity index (χ1n) is 18.2. The molecule has 1 aliphatic rings. The van der Waals surface area contributed by atoms with E-state index in [9.17, 15) is 32.7 Å². The summed E-state index contributed by atoms with van der Waals surface area (Å²) in [5.74, 6) is -4.39. The quantitative estimate of drug-likeness (QED) is 0.0918. The van der Waals surface area contributed by atoms with E-state index in [0.29, 0.717) is 6.42 Å². The van der Waals surface area contributed by atoms with Gasteiger partial charge in [0.1, 0.15) is 18.8 Å². The summed E-state index contributed by atoms with van der Waals surface area (Å²) in [5.41, 5.74) is 0. The molecular formula is C35H65N3O10S. The van der Waals surface area contributed by atoms with E-state index in [0.717, 1.165) is 38.9 Å². The zero-order valence-corrected chi connectivity index (χ0v) is 31.9. The molecule has 49 heavy (non-hydrogen) atoms. The highest BCUT2D eigenvalue weighted by Crippen LogP contribution is 2.25. The molecule has 0 aromatic heterocycles. The number of nitrogens with one attached hydrogen (secondary N) is 3. The minimum atomic E-state index is -3.97. The number of amides is 2. The second kappa shape index (κ2) is 23.2. The molecule has 286 valence electrons. The molecule has 13 nitrogen and oxygen atoms in total.